The van der Waals surface area contributed by atoms with Crippen LogP contribution in [0.2, 0.25) is 10.0 Å². The lowest BCUT2D eigenvalue weighted by molar-refractivity contribution is -0.140. The zero-order chi connectivity index (χ0) is 28.9. The minimum absolute atomic E-state index is 0.0106. The Balaban J connectivity index is 1.75. The normalized spacial score (nSPS) is 13.0. The van der Waals surface area contributed by atoms with E-state index < -0.39 is 34.4 Å². The van der Waals surface area contributed by atoms with Gasteiger partial charge in [-0.3, -0.25) is 13.9 Å². The molecule has 3 aromatic carbocycles. The molecule has 2 amide bonds. The second-order valence-corrected chi connectivity index (χ2v) is 11.9. The molecule has 0 fully saturated rings. The van der Waals surface area contributed by atoms with Gasteiger partial charge in [-0.25, -0.2) is 8.42 Å². The van der Waals surface area contributed by atoms with Gasteiger partial charge in [0, 0.05) is 41.2 Å². The third-order valence-electron chi connectivity index (χ3n) is 6.34. The molecule has 1 aliphatic rings. The van der Waals surface area contributed by atoms with Crippen LogP contribution in [0.4, 0.5) is 5.69 Å². The highest BCUT2D eigenvalue weighted by molar-refractivity contribution is 7.92. The minimum Gasteiger partial charge on any atom is -0.454 e. The SMILES string of the molecule is CCNC(=O)C(Cc1ccccc1)N(Cc1c(Cl)cccc1Cl)C(=O)CN(c1ccc2c(c1)OCO2)S(C)(=O)=O. The summed E-state index contributed by atoms with van der Waals surface area (Å²) in [5.41, 5.74) is 1.47. The van der Waals surface area contributed by atoms with Crippen molar-refractivity contribution < 1.29 is 27.5 Å². The van der Waals surface area contributed by atoms with Crippen LogP contribution in [0.3, 0.4) is 0 Å². The van der Waals surface area contributed by atoms with Crippen LogP contribution in [0.15, 0.2) is 66.7 Å². The van der Waals surface area contributed by atoms with Crippen molar-refractivity contribution >= 4 is 50.7 Å². The van der Waals surface area contributed by atoms with Gasteiger partial charge in [-0.1, -0.05) is 59.6 Å². The van der Waals surface area contributed by atoms with Crippen LogP contribution in [0.5, 0.6) is 11.5 Å². The number of amides is 2. The fraction of sp³-hybridized carbons (Fsp3) is 0.286. The van der Waals surface area contributed by atoms with E-state index >= 15 is 0 Å². The number of nitrogens with zero attached hydrogens (tertiary/aromatic N) is 2. The van der Waals surface area contributed by atoms with Crippen molar-refractivity contribution in [3.05, 3.63) is 87.9 Å². The molecule has 212 valence electrons. The van der Waals surface area contributed by atoms with Gasteiger partial charge in [0.05, 0.1) is 11.9 Å². The van der Waals surface area contributed by atoms with E-state index in [9.17, 15) is 18.0 Å². The summed E-state index contributed by atoms with van der Waals surface area (Å²) in [7, 11) is -3.93. The smallest absolute Gasteiger partial charge is 0.244 e. The molecule has 0 spiro atoms. The van der Waals surface area contributed by atoms with Gasteiger partial charge in [0.25, 0.3) is 0 Å². The lowest BCUT2D eigenvalue weighted by Crippen LogP contribution is -2.53. The summed E-state index contributed by atoms with van der Waals surface area (Å²) in [4.78, 5) is 28.8. The molecular formula is C28H29Cl2N3O6S. The van der Waals surface area contributed by atoms with Gasteiger partial charge >= 0.3 is 0 Å². The molecule has 1 unspecified atom stereocenters. The number of carbonyl (C=O) groups is 2. The minimum atomic E-state index is -3.93. The average molecular weight is 607 g/mol. The van der Waals surface area contributed by atoms with E-state index in [-0.39, 0.29) is 25.4 Å². The summed E-state index contributed by atoms with van der Waals surface area (Å²) in [6.07, 6.45) is 1.19. The Morgan fingerprint density at radius 3 is 2.30 bits per heavy atom. The second kappa shape index (κ2) is 12.8. The molecule has 0 saturated carbocycles. The number of carbonyl (C=O) groups excluding carboxylic acids is 2. The van der Waals surface area contributed by atoms with Crippen LogP contribution < -0.4 is 19.1 Å². The third-order valence-corrected chi connectivity index (χ3v) is 8.18. The maximum Gasteiger partial charge on any atom is 0.244 e. The quantitative estimate of drug-likeness (QED) is 0.350. The Morgan fingerprint density at radius 1 is 0.975 bits per heavy atom. The molecule has 3 aromatic rings. The van der Waals surface area contributed by atoms with E-state index in [0.29, 0.717) is 33.7 Å². The molecule has 12 heteroatoms. The Bertz CT molecular complexity index is 1470. The van der Waals surface area contributed by atoms with E-state index in [1.807, 2.05) is 30.3 Å². The summed E-state index contributed by atoms with van der Waals surface area (Å²) in [5.74, 6) is -0.177. The van der Waals surface area contributed by atoms with E-state index in [2.05, 4.69) is 5.32 Å². The van der Waals surface area contributed by atoms with E-state index in [1.54, 1.807) is 31.2 Å². The summed E-state index contributed by atoms with van der Waals surface area (Å²) in [6.45, 7) is 1.43. The largest absolute Gasteiger partial charge is 0.454 e. The molecule has 0 bridgehead atoms. The number of fused-ring (bicyclic) bond motifs is 1. The van der Waals surface area contributed by atoms with Crippen LogP contribution in [-0.4, -0.2) is 57.3 Å². The Kier molecular flexibility index (Phi) is 9.44. The zero-order valence-electron chi connectivity index (χ0n) is 22.0. The molecule has 1 heterocycles. The molecule has 40 heavy (non-hydrogen) atoms. The standard InChI is InChI=1S/C28H29Cl2N3O6S/c1-3-31-28(35)24(14-19-8-5-4-6-9-19)32(16-21-22(29)10-7-11-23(21)30)27(34)17-33(40(2,36)37)20-12-13-25-26(15-20)39-18-38-25/h4-13,15,24H,3,14,16-18H2,1-2H3,(H,31,35). The van der Waals surface area contributed by atoms with Crippen molar-refractivity contribution in [1.82, 2.24) is 10.2 Å². The van der Waals surface area contributed by atoms with Crippen LogP contribution in [0.1, 0.15) is 18.1 Å². The molecule has 0 radical (unpaired) electrons. The predicted octanol–water partition coefficient (Wildman–Crippen LogP) is 4.26. The van der Waals surface area contributed by atoms with Gasteiger partial charge in [0.2, 0.25) is 28.6 Å². The Morgan fingerprint density at radius 2 is 1.65 bits per heavy atom. The number of nitrogens with one attached hydrogen (secondary N) is 1. The number of anilines is 1. The van der Waals surface area contributed by atoms with Crippen LogP contribution in [0.25, 0.3) is 0 Å². The molecule has 1 N–H and O–H groups in total. The van der Waals surface area contributed by atoms with Crippen LogP contribution in [0, 0.1) is 0 Å². The van der Waals surface area contributed by atoms with Gasteiger partial charge in [-0.15, -0.1) is 0 Å². The van der Waals surface area contributed by atoms with Gasteiger partial charge in [0.15, 0.2) is 11.5 Å². The van der Waals surface area contributed by atoms with E-state index in [1.165, 1.54) is 17.0 Å². The lowest BCUT2D eigenvalue weighted by Gasteiger charge is -2.33. The highest BCUT2D eigenvalue weighted by Gasteiger charge is 2.34. The number of hydrogen-bond acceptors (Lipinski definition) is 6. The predicted molar refractivity (Wildman–Crippen MR) is 154 cm³/mol. The summed E-state index contributed by atoms with van der Waals surface area (Å²) < 4.78 is 37.5. The maximum absolute atomic E-state index is 14.1. The number of halogens is 2. The van der Waals surface area contributed by atoms with E-state index in [0.717, 1.165) is 16.1 Å². The van der Waals surface area contributed by atoms with Crippen LogP contribution >= 0.6 is 23.2 Å². The summed E-state index contributed by atoms with van der Waals surface area (Å²) in [6, 6.07) is 17.8. The Labute approximate surface area is 243 Å². The molecule has 0 aromatic heterocycles. The number of sulfonamides is 1. The molecule has 1 aliphatic heterocycles. The fourth-order valence-corrected chi connectivity index (χ4v) is 5.71. The van der Waals surface area contributed by atoms with Crippen molar-refractivity contribution in [1.29, 1.82) is 0 Å². The van der Waals surface area contributed by atoms with Crippen molar-refractivity contribution in [2.45, 2.75) is 25.9 Å². The molecule has 4 rings (SSSR count). The maximum atomic E-state index is 14.1. The number of ether oxygens (including phenoxy) is 2. The van der Waals surface area contributed by atoms with Crippen molar-refractivity contribution in [2.75, 3.05) is 30.4 Å². The number of rotatable bonds is 11. The van der Waals surface area contributed by atoms with Gasteiger partial charge in [-0.2, -0.15) is 0 Å². The molecule has 0 aliphatic carbocycles. The lowest BCUT2D eigenvalue weighted by atomic mass is 10.0. The Hall–Kier alpha value is -3.47. The third kappa shape index (κ3) is 6.99. The first-order chi connectivity index (χ1) is 19.1. The molecule has 1 atom stereocenters. The van der Waals surface area contributed by atoms with E-state index in [4.69, 9.17) is 32.7 Å². The van der Waals surface area contributed by atoms with Gasteiger partial charge < -0.3 is 19.7 Å². The van der Waals surface area contributed by atoms with Crippen molar-refractivity contribution in [3.8, 4) is 11.5 Å². The number of hydrogen-bond donors (Lipinski definition) is 1. The number of likely N-dealkylation sites (N-methyl/N-ethyl adjacent to an activating group) is 1. The first kappa shape index (κ1) is 29.5. The van der Waals surface area contributed by atoms with Gasteiger partial charge in [0.1, 0.15) is 12.6 Å². The highest BCUT2D eigenvalue weighted by atomic mass is 35.5. The zero-order valence-corrected chi connectivity index (χ0v) is 24.3. The molecule has 9 nitrogen and oxygen atoms in total. The van der Waals surface area contributed by atoms with Crippen LogP contribution in [-0.2, 0) is 32.6 Å². The first-order valence-electron chi connectivity index (χ1n) is 12.5. The topological polar surface area (TPSA) is 105 Å². The fourth-order valence-electron chi connectivity index (χ4n) is 4.35. The summed E-state index contributed by atoms with van der Waals surface area (Å²) >= 11 is 12.9. The summed E-state index contributed by atoms with van der Waals surface area (Å²) in [5, 5.41) is 3.43. The number of benzene rings is 3. The van der Waals surface area contributed by atoms with Crippen molar-refractivity contribution in [2.24, 2.45) is 0 Å². The molecular weight excluding hydrogens is 577 g/mol. The second-order valence-electron chi connectivity index (χ2n) is 9.13. The van der Waals surface area contributed by atoms with Crippen molar-refractivity contribution in [3.63, 3.8) is 0 Å². The average Bonchev–Trinajstić information content (AvgIpc) is 3.38. The highest BCUT2D eigenvalue weighted by Crippen LogP contribution is 2.36. The first-order valence-corrected chi connectivity index (χ1v) is 15.1. The molecule has 0 saturated heterocycles. The van der Waals surface area contributed by atoms with Gasteiger partial charge in [-0.05, 0) is 36.8 Å². The monoisotopic (exact) mass is 605 g/mol.